The van der Waals surface area contributed by atoms with Gasteiger partial charge in [0.2, 0.25) is 0 Å². The molecular formula is C18H24BrIN4OS. The summed E-state index contributed by atoms with van der Waals surface area (Å²) in [5.74, 6) is 1.08. The monoisotopic (exact) mass is 550 g/mol. The number of carbonyl (C=O) groups is 1. The Balaban J connectivity index is 0.00000338. The third kappa shape index (κ3) is 7.63. The summed E-state index contributed by atoms with van der Waals surface area (Å²) in [6.07, 6.45) is 0. The Morgan fingerprint density at radius 3 is 2.46 bits per heavy atom. The number of benzene rings is 1. The van der Waals surface area contributed by atoms with Crippen molar-refractivity contribution in [2.75, 3.05) is 26.7 Å². The van der Waals surface area contributed by atoms with Crippen molar-refractivity contribution in [3.8, 4) is 0 Å². The molecule has 0 saturated carbocycles. The Morgan fingerprint density at radius 2 is 1.85 bits per heavy atom. The van der Waals surface area contributed by atoms with Crippen LogP contribution in [-0.4, -0.2) is 38.5 Å². The summed E-state index contributed by atoms with van der Waals surface area (Å²) in [5.41, 5.74) is 0.649. The molecule has 1 amide bonds. The van der Waals surface area contributed by atoms with Crippen LogP contribution in [-0.2, 0) is 0 Å². The van der Waals surface area contributed by atoms with Gasteiger partial charge in [-0.25, -0.2) is 0 Å². The Bertz CT molecular complexity index is 692. The molecule has 0 aliphatic heterocycles. The van der Waals surface area contributed by atoms with Crippen molar-refractivity contribution >= 4 is 63.1 Å². The third-order valence-corrected chi connectivity index (χ3v) is 5.27. The highest BCUT2D eigenvalue weighted by Crippen LogP contribution is 2.19. The van der Waals surface area contributed by atoms with E-state index in [1.165, 1.54) is 4.88 Å². The minimum Gasteiger partial charge on any atom is -0.356 e. The molecule has 0 radical (unpaired) electrons. The topological polar surface area (TPSA) is 65.5 Å². The average molecular weight is 551 g/mol. The molecule has 0 saturated heterocycles. The molecule has 26 heavy (non-hydrogen) atoms. The van der Waals surface area contributed by atoms with Gasteiger partial charge in [-0.15, -0.1) is 35.3 Å². The van der Waals surface area contributed by atoms with Crippen molar-refractivity contribution in [1.29, 1.82) is 0 Å². The lowest BCUT2D eigenvalue weighted by Crippen LogP contribution is -2.42. The van der Waals surface area contributed by atoms with Gasteiger partial charge in [0, 0.05) is 47.5 Å². The van der Waals surface area contributed by atoms with Crippen LogP contribution < -0.4 is 16.0 Å². The van der Waals surface area contributed by atoms with Crippen LogP contribution in [0, 0.1) is 0 Å². The Kier molecular flexibility index (Phi) is 10.8. The summed E-state index contributed by atoms with van der Waals surface area (Å²) < 4.78 is 0.956. The largest absolute Gasteiger partial charge is 0.356 e. The minimum absolute atomic E-state index is 0. The first-order chi connectivity index (χ1) is 12.1. The molecule has 1 aromatic heterocycles. The standard InChI is InChI=1S/C18H23BrN4OS.HI/c1-13(16-4-3-11-25-16)12-23-18(20-2)22-10-9-21-17(24)14-5-7-15(19)8-6-14;/h3-8,11,13H,9-10,12H2,1-2H3,(H,21,24)(H2,20,22,23);1H. The molecule has 5 nitrogen and oxygen atoms in total. The lowest BCUT2D eigenvalue weighted by molar-refractivity contribution is 0.0954. The molecule has 1 atom stereocenters. The van der Waals surface area contributed by atoms with Crippen LogP contribution in [0.1, 0.15) is 28.1 Å². The number of nitrogens with zero attached hydrogens (tertiary/aromatic N) is 1. The fraction of sp³-hybridized carbons (Fsp3) is 0.333. The Labute approximate surface area is 184 Å². The van der Waals surface area contributed by atoms with Crippen molar-refractivity contribution in [1.82, 2.24) is 16.0 Å². The summed E-state index contributed by atoms with van der Waals surface area (Å²) in [7, 11) is 1.74. The van der Waals surface area contributed by atoms with E-state index in [9.17, 15) is 4.79 Å². The summed E-state index contributed by atoms with van der Waals surface area (Å²) in [6.45, 7) is 4.13. The van der Waals surface area contributed by atoms with Crippen molar-refractivity contribution < 1.29 is 4.79 Å². The number of amides is 1. The van der Waals surface area contributed by atoms with Crippen LogP contribution >= 0.6 is 51.2 Å². The van der Waals surface area contributed by atoms with Crippen LogP contribution in [0.5, 0.6) is 0 Å². The molecule has 0 fully saturated rings. The molecule has 1 unspecified atom stereocenters. The summed E-state index contributed by atoms with van der Waals surface area (Å²) >= 11 is 5.12. The number of aliphatic imine (C=N–C) groups is 1. The first kappa shape index (κ1) is 22.9. The summed E-state index contributed by atoms with van der Waals surface area (Å²) in [5, 5.41) is 11.5. The fourth-order valence-electron chi connectivity index (χ4n) is 2.20. The number of halogens is 2. The number of thiophene rings is 1. The molecule has 142 valence electrons. The van der Waals surface area contributed by atoms with Crippen LogP contribution in [0.2, 0.25) is 0 Å². The van der Waals surface area contributed by atoms with Gasteiger partial charge in [-0.05, 0) is 35.7 Å². The van der Waals surface area contributed by atoms with Crippen LogP contribution in [0.4, 0.5) is 0 Å². The van der Waals surface area contributed by atoms with Crippen LogP contribution in [0.15, 0.2) is 51.2 Å². The number of guanidine groups is 1. The van der Waals surface area contributed by atoms with E-state index in [2.05, 4.69) is 61.3 Å². The second kappa shape index (κ2) is 12.3. The third-order valence-electron chi connectivity index (χ3n) is 3.64. The number of hydrogen-bond acceptors (Lipinski definition) is 3. The fourth-order valence-corrected chi connectivity index (χ4v) is 3.25. The van der Waals surface area contributed by atoms with Crippen molar-refractivity contribution in [2.24, 2.45) is 4.99 Å². The van der Waals surface area contributed by atoms with E-state index in [0.29, 0.717) is 24.6 Å². The molecule has 1 heterocycles. The maximum atomic E-state index is 12.0. The normalized spacial score (nSPS) is 12.0. The smallest absolute Gasteiger partial charge is 0.251 e. The van der Waals surface area contributed by atoms with E-state index in [1.54, 1.807) is 30.5 Å². The molecule has 2 rings (SSSR count). The highest BCUT2D eigenvalue weighted by atomic mass is 127. The number of carbonyl (C=O) groups excluding carboxylic acids is 1. The zero-order valence-corrected chi connectivity index (χ0v) is 19.5. The van der Waals surface area contributed by atoms with Gasteiger partial charge in [-0.2, -0.15) is 0 Å². The predicted octanol–water partition coefficient (Wildman–Crippen LogP) is 3.83. The summed E-state index contributed by atoms with van der Waals surface area (Å²) in [4.78, 5) is 17.6. The Hall–Kier alpha value is -1.13. The molecule has 2 aromatic rings. The zero-order valence-electron chi connectivity index (χ0n) is 14.8. The minimum atomic E-state index is -0.0800. The molecular weight excluding hydrogens is 527 g/mol. The first-order valence-electron chi connectivity index (χ1n) is 8.12. The second-order valence-electron chi connectivity index (χ2n) is 5.56. The molecule has 0 aliphatic rings. The van der Waals surface area contributed by atoms with Crippen molar-refractivity contribution in [2.45, 2.75) is 12.8 Å². The highest BCUT2D eigenvalue weighted by molar-refractivity contribution is 14.0. The average Bonchev–Trinajstić information content (AvgIpc) is 3.16. The maximum absolute atomic E-state index is 12.0. The quantitative estimate of drug-likeness (QED) is 0.212. The molecule has 1 aromatic carbocycles. The maximum Gasteiger partial charge on any atom is 0.251 e. The van der Waals surface area contributed by atoms with E-state index in [1.807, 2.05) is 12.1 Å². The van der Waals surface area contributed by atoms with E-state index < -0.39 is 0 Å². The van der Waals surface area contributed by atoms with Crippen molar-refractivity contribution in [3.63, 3.8) is 0 Å². The molecule has 0 aliphatic carbocycles. The van der Waals surface area contributed by atoms with Gasteiger partial charge < -0.3 is 16.0 Å². The second-order valence-corrected chi connectivity index (χ2v) is 7.45. The van der Waals surface area contributed by atoms with E-state index in [0.717, 1.165) is 17.0 Å². The van der Waals surface area contributed by atoms with E-state index in [-0.39, 0.29) is 29.9 Å². The van der Waals surface area contributed by atoms with E-state index >= 15 is 0 Å². The number of hydrogen-bond donors (Lipinski definition) is 3. The van der Waals surface area contributed by atoms with Gasteiger partial charge in [-0.3, -0.25) is 9.79 Å². The van der Waals surface area contributed by atoms with Gasteiger partial charge in [0.15, 0.2) is 5.96 Å². The van der Waals surface area contributed by atoms with Crippen LogP contribution in [0.25, 0.3) is 0 Å². The number of rotatable bonds is 7. The van der Waals surface area contributed by atoms with Crippen LogP contribution in [0.3, 0.4) is 0 Å². The first-order valence-corrected chi connectivity index (χ1v) is 9.79. The lowest BCUT2D eigenvalue weighted by Gasteiger charge is -2.15. The highest BCUT2D eigenvalue weighted by Gasteiger charge is 2.08. The zero-order chi connectivity index (χ0) is 18.1. The molecule has 3 N–H and O–H groups in total. The molecule has 0 bridgehead atoms. The Morgan fingerprint density at radius 1 is 1.15 bits per heavy atom. The van der Waals surface area contributed by atoms with Gasteiger partial charge in [0.25, 0.3) is 5.91 Å². The summed E-state index contributed by atoms with van der Waals surface area (Å²) in [6, 6.07) is 11.5. The number of nitrogens with one attached hydrogen (secondary N) is 3. The van der Waals surface area contributed by atoms with Gasteiger partial charge >= 0.3 is 0 Å². The van der Waals surface area contributed by atoms with Gasteiger partial charge in [0.1, 0.15) is 0 Å². The van der Waals surface area contributed by atoms with Gasteiger partial charge in [-0.1, -0.05) is 28.9 Å². The van der Waals surface area contributed by atoms with Gasteiger partial charge in [0.05, 0.1) is 0 Å². The molecule has 8 heteroatoms. The molecule has 0 spiro atoms. The predicted molar refractivity (Wildman–Crippen MR) is 124 cm³/mol. The van der Waals surface area contributed by atoms with Crippen molar-refractivity contribution in [3.05, 3.63) is 56.7 Å². The SMILES string of the molecule is CN=C(NCCNC(=O)c1ccc(Br)cc1)NCC(C)c1cccs1.I. The lowest BCUT2D eigenvalue weighted by atomic mass is 10.1. The van der Waals surface area contributed by atoms with E-state index in [4.69, 9.17) is 0 Å².